The van der Waals surface area contributed by atoms with Crippen LogP contribution in [-0.4, -0.2) is 24.9 Å². The molecule has 0 fully saturated rings. The average molecular weight is 352 g/mol. The Morgan fingerprint density at radius 1 is 1.19 bits per heavy atom. The quantitative estimate of drug-likeness (QED) is 0.830. The third-order valence-corrected chi connectivity index (χ3v) is 3.54. The largest absolute Gasteiger partial charge is 0.399 e. The Kier molecular flexibility index (Phi) is 4.47. The number of carbonyl (C=O) groups excluding carboxylic acids is 1. The van der Waals surface area contributed by atoms with Gasteiger partial charge in [0.05, 0.1) is 16.9 Å². The van der Waals surface area contributed by atoms with E-state index in [-0.39, 0.29) is 11.7 Å². The highest BCUT2D eigenvalue weighted by Crippen LogP contribution is 2.29. The van der Waals surface area contributed by atoms with E-state index in [2.05, 4.69) is 21.2 Å². The van der Waals surface area contributed by atoms with Crippen LogP contribution in [0.2, 0.25) is 0 Å². The number of nitrogen functional groups attached to an aromatic ring is 1. The van der Waals surface area contributed by atoms with Crippen LogP contribution in [0.4, 0.5) is 21.5 Å². The van der Waals surface area contributed by atoms with E-state index in [1.807, 2.05) is 0 Å². The van der Waals surface area contributed by atoms with Gasteiger partial charge < -0.3 is 16.0 Å². The second-order valence-electron chi connectivity index (χ2n) is 4.75. The molecule has 0 atom stereocenters. The highest BCUT2D eigenvalue weighted by molar-refractivity contribution is 9.10. The standard InChI is InChI=1S/C15H15BrFN3O/c1-20(2)15(21)11-5-4-10(18)8-14(11)19-13-6-3-9(17)7-12(13)16/h3-8,19H,18H2,1-2H3. The lowest BCUT2D eigenvalue weighted by Gasteiger charge is -2.16. The first-order valence-electron chi connectivity index (χ1n) is 6.21. The van der Waals surface area contributed by atoms with Gasteiger partial charge in [-0.3, -0.25) is 4.79 Å². The lowest BCUT2D eigenvalue weighted by Crippen LogP contribution is -2.22. The van der Waals surface area contributed by atoms with Crippen LogP contribution < -0.4 is 11.1 Å². The molecule has 21 heavy (non-hydrogen) atoms. The SMILES string of the molecule is CN(C)C(=O)c1ccc(N)cc1Nc1ccc(F)cc1Br. The minimum atomic E-state index is -0.343. The highest BCUT2D eigenvalue weighted by Gasteiger charge is 2.14. The normalized spacial score (nSPS) is 10.3. The van der Waals surface area contributed by atoms with Crippen molar-refractivity contribution in [1.29, 1.82) is 0 Å². The van der Waals surface area contributed by atoms with Gasteiger partial charge in [0.1, 0.15) is 5.82 Å². The molecule has 4 nitrogen and oxygen atoms in total. The summed E-state index contributed by atoms with van der Waals surface area (Å²) in [4.78, 5) is 13.7. The van der Waals surface area contributed by atoms with E-state index in [4.69, 9.17) is 5.73 Å². The van der Waals surface area contributed by atoms with E-state index in [1.54, 1.807) is 38.4 Å². The predicted octanol–water partition coefficient (Wildman–Crippen LogP) is 3.62. The Morgan fingerprint density at radius 2 is 1.90 bits per heavy atom. The molecule has 2 rings (SSSR count). The first-order valence-corrected chi connectivity index (χ1v) is 7.01. The van der Waals surface area contributed by atoms with Gasteiger partial charge in [-0.1, -0.05) is 0 Å². The fourth-order valence-corrected chi connectivity index (χ4v) is 2.28. The van der Waals surface area contributed by atoms with E-state index >= 15 is 0 Å². The van der Waals surface area contributed by atoms with Gasteiger partial charge in [-0.2, -0.15) is 0 Å². The number of benzene rings is 2. The van der Waals surface area contributed by atoms with Crippen molar-refractivity contribution in [2.45, 2.75) is 0 Å². The number of rotatable bonds is 3. The summed E-state index contributed by atoms with van der Waals surface area (Å²) in [5.41, 5.74) is 8.03. The van der Waals surface area contributed by atoms with Gasteiger partial charge in [-0.25, -0.2) is 4.39 Å². The van der Waals surface area contributed by atoms with Gasteiger partial charge in [0.2, 0.25) is 0 Å². The maximum Gasteiger partial charge on any atom is 0.255 e. The fraction of sp³-hybridized carbons (Fsp3) is 0.133. The van der Waals surface area contributed by atoms with Gasteiger partial charge in [0, 0.05) is 24.3 Å². The molecule has 0 radical (unpaired) electrons. The van der Waals surface area contributed by atoms with E-state index < -0.39 is 0 Å². The van der Waals surface area contributed by atoms with Crippen molar-refractivity contribution in [1.82, 2.24) is 4.90 Å². The molecule has 2 aromatic rings. The Labute approximate surface area is 130 Å². The van der Waals surface area contributed by atoms with Crippen LogP contribution in [-0.2, 0) is 0 Å². The van der Waals surface area contributed by atoms with Crippen LogP contribution in [0.15, 0.2) is 40.9 Å². The number of carbonyl (C=O) groups is 1. The van der Waals surface area contributed by atoms with Crippen LogP contribution in [0.5, 0.6) is 0 Å². The monoisotopic (exact) mass is 351 g/mol. The fourth-order valence-electron chi connectivity index (χ4n) is 1.83. The van der Waals surface area contributed by atoms with Crippen LogP contribution >= 0.6 is 15.9 Å². The predicted molar refractivity (Wildman–Crippen MR) is 86.3 cm³/mol. The number of amides is 1. The number of nitrogens with one attached hydrogen (secondary N) is 1. The molecular formula is C15H15BrFN3O. The first kappa shape index (κ1) is 15.3. The molecule has 0 aliphatic heterocycles. The lowest BCUT2D eigenvalue weighted by atomic mass is 10.1. The molecule has 0 heterocycles. The van der Waals surface area contributed by atoms with Crippen molar-refractivity contribution in [3.05, 3.63) is 52.3 Å². The Hall–Kier alpha value is -2.08. The summed E-state index contributed by atoms with van der Waals surface area (Å²) < 4.78 is 13.7. The van der Waals surface area contributed by atoms with Gasteiger partial charge in [-0.15, -0.1) is 0 Å². The maximum absolute atomic E-state index is 13.1. The summed E-state index contributed by atoms with van der Waals surface area (Å²) in [5, 5.41) is 3.10. The van der Waals surface area contributed by atoms with Crippen LogP contribution in [0.3, 0.4) is 0 Å². The lowest BCUT2D eigenvalue weighted by molar-refractivity contribution is 0.0828. The Bertz CT molecular complexity index is 689. The summed E-state index contributed by atoms with van der Waals surface area (Å²) in [5.74, 6) is -0.486. The molecule has 2 aromatic carbocycles. The van der Waals surface area contributed by atoms with E-state index in [1.165, 1.54) is 17.0 Å². The first-order chi connectivity index (χ1) is 9.88. The molecule has 0 aliphatic rings. The summed E-state index contributed by atoms with van der Waals surface area (Å²) in [6, 6.07) is 9.28. The minimum absolute atomic E-state index is 0.143. The van der Waals surface area contributed by atoms with Gasteiger partial charge in [-0.05, 0) is 52.3 Å². The smallest absolute Gasteiger partial charge is 0.255 e. The van der Waals surface area contributed by atoms with Crippen LogP contribution in [0, 0.1) is 5.82 Å². The van der Waals surface area contributed by atoms with Crippen LogP contribution in [0.1, 0.15) is 10.4 Å². The maximum atomic E-state index is 13.1. The molecule has 0 saturated carbocycles. The van der Waals surface area contributed by atoms with Gasteiger partial charge >= 0.3 is 0 Å². The van der Waals surface area contributed by atoms with Crippen molar-refractivity contribution in [3.8, 4) is 0 Å². The summed E-state index contributed by atoms with van der Waals surface area (Å²) in [7, 11) is 3.35. The van der Waals surface area contributed by atoms with Gasteiger partial charge in [0.25, 0.3) is 5.91 Å². The number of hydrogen-bond acceptors (Lipinski definition) is 3. The summed E-state index contributed by atoms with van der Waals surface area (Å²) in [6.45, 7) is 0. The number of nitrogens with two attached hydrogens (primary N) is 1. The second kappa shape index (κ2) is 6.13. The number of hydrogen-bond donors (Lipinski definition) is 2. The topological polar surface area (TPSA) is 58.4 Å². The Morgan fingerprint density at radius 3 is 2.52 bits per heavy atom. The molecule has 1 amide bonds. The summed E-state index contributed by atoms with van der Waals surface area (Å²) >= 11 is 3.28. The van der Waals surface area contributed by atoms with Gasteiger partial charge in [0.15, 0.2) is 0 Å². The molecule has 6 heteroatoms. The third kappa shape index (κ3) is 3.52. The molecule has 0 bridgehead atoms. The zero-order valence-electron chi connectivity index (χ0n) is 11.7. The third-order valence-electron chi connectivity index (χ3n) is 2.88. The van der Waals surface area contributed by atoms with Crippen molar-refractivity contribution in [3.63, 3.8) is 0 Å². The molecule has 0 unspecified atom stereocenters. The molecular weight excluding hydrogens is 337 g/mol. The second-order valence-corrected chi connectivity index (χ2v) is 5.61. The zero-order chi connectivity index (χ0) is 15.6. The zero-order valence-corrected chi connectivity index (χ0v) is 13.2. The molecule has 0 saturated heterocycles. The molecule has 0 spiro atoms. The summed E-state index contributed by atoms with van der Waals surface area (Å²) in [6.07, 6.45) is 0. The molecule has 0 aromatic heterocycles. The number of nitrogens with zero attached hydrogens (tertiary/aromatic N) is 1. The Balaban J connectivity index is 2.43. The van der Waals surface area contributed by atoms with Crippen molar-refractivity contribution >= 4 is 38.9 Å². The molecule has 3 N–H and O–H groups in total. The van der Waals surface area contributed by atoms with E-state index in [9.17, 15) is 9.18 Å². The van der Waals surface area contributed by atoms with Crippen molar-refractivity contribution < 1.29 is 9.18 Å². The number of anilines is 3. The average Bonchev–Trinajstić information content (AvgIpc) is 2.41. The van der Waals surface area contributed by atoms with E-state index in [0.29, 0.717) is 27.1 Å². The van der Waals surface area contributed by atoms with Crippen LogP contribution in [0.25, 0.3) is 0 Å². The molecule has 0 aliphatic carbocycles. The van der Waals surface area contributed by atoms with Crippen molar-refractivity contribution in [2.24, 2.45) is 0 Å². The minimum Gasteiger partial charge on any atom is -0.399 e. The molecule has 110 valence electrons. The van der Waals surface area contributed by atoms with E-state index in [0.717, 1.165) is 0 Å². The van der Waals surface area contributed by atoms with Crippen molar-refractivity contribution in [2.75, 3.05) is 25.1 Å². The highest BCUT2D eigenvalue weighted by atomic mass is 79.9. The number of halogens is 2.